The van der Waals surface area contributed by atoms with Crippen LogP contribution in [0.4, 0.5) is 0 Å². The van der Waals surface area contributed by atoms with Gasteiger partial charge in [0.15, 0.2) is 11.5 Å². The van der Waals surface area contributed by atoms with E-state index in [0.717, 1.165) is 0 Å². The molecule has 6 nitrogen and oxygen atoms in total. The minimum absolute atomic E-state index is 0.0774. The molecule has 0 saturated carbocycles. The summed E-state index contributed by atoms with van der Waals surface area (Å²) in [5.41, 5.74) is 0.653. The number of likely N-dealkylation sites (tertiary alicyclic amines) is 1. The Morgan fingerprint density at radius 1 is 1.14 bits per heavy atom. The summed E-state index contributed by atoms with van der Waals surface area (Å²) in [4.78, 5) is 26.8. The molecule has 1 fully saturated rings. The largest absolute Gasteiger partial charge is 0.507 e. The number of benzene rings is 2. The second-order valence-corrected chi connectivity index (χ2v) is 7.37. The SMILES string of the molecule is CCCN1C(=O)C(=O)/C(=C(\O)c2ccc(Cl)c(Cl)c2)C1c1ccc(OC)c(O)c1. The van der Waals surface area contributed by atoms with E-state index in [2.05, 4.69) is 0 Å². The summed E-state index contributed by atoms with van der Waals surface area (Å²) in [6.07, 6.45) is 0.610. The summed E-state index contributed by atoms with van der Waals surface area (Å²) in [6.45, 7) is 2.18. The van der Waals surface area contributed by atoms with Crippen LogP contribution in [0.15, 0.2) is 42.0 Å². The first-order valence-corrected chi connectivity index (χ1v) is 9.66. The number of hydrogen-bond donors (Lipinski definition) is 2. The van der Waals surface area contributed by atoms with E-state index in [1.165, 1.54) is 42.3 Å². The Bertz CT molecular complexity index is 1020. The van der Waals surface area contributed by atoms with Gasteiger partial charge in [-0.25, -0.2) is 0 Å². The molecule has 1 heterocycles. The van der Waals surface area contributed by atoms with Crippen LogP contribution >= 0.6 is 23.2 Å². The number of nitrogens with zero attached hydrogens (tertiary/aromatic N) is 1. The fourth-order valence-corrected chi connectivity index (χ4v) is 3.67. The Hall–Kier alpha value is -2.70. The molecule has 2 aromatic rings. The van der Waals surface area contributed by atoms with Crippen molar-refractivity contribution in [1.82, 2.24) is 4.90 Å². The number of Topliss-reactive ketones (excluding diaryl/α,β-unsaturated/α-hetero) is 1. The normalized spacial score (nSPS) is 18.3. The number of halogens is 2. The summed E-state index contributed by atoms with van der Waals surface area (Å²) in [6, 6.07) is 8.17. The van der Waals surface area contributed by atoms with Crippen LogP contribution in [0.2, 0.25) is 10.0 Å². The number of carbonyl (C=O) groups excluding carboxylic acids is 2. The van der Waals surface area contributed by atoms with Gasteiger partial charge in [0, 0.05) is 12.1 Å². The Kier molecular flexibility index (Phi) is 6.05. The Morgan fingerprint density at radius 2 is 1.86 bits per heavy atom. The first-order valence-electron chi connectivity index (χ1n) is 8.90. The van der Waals surface area contributed by atoms with E-state index in [4.69, 9.17) is 27.9 Å². The smallest absolute Gasteiger partial charge is 0.295 e. The molecule has 2 aromatic carbocycles. The summed E-state index contributed by atoms with van der Waals surface area (Å²) < 4.78 is 5.06. The number of carbonyl (C=O) groups is 2. The average molecular weight is 436 g/mol. The van der Waals surface area contributed by atoms with Gasteiger partial charge in [0.05, 0.1) is 28.8 Å². The molecule has 3 rings (SSSR count). The van der Waals surface area contributed by atoms with Gasteiger partial charge in [-0.2, -0.15) is 0 Å². The molecule has 8 heteroatoms. The van der Waals surface area contributed by atoms with Crippen LogP contribution in [0, 0.1) is 0 Å². The molecule has 0 aliphatic carbocycles. The molecule has 0 bridgehead atoms. The molecule has 152 valence electrons. The molecule has 1 atom stereocenters. The van der Waals surface area contributed by atoms with E-state index < -0.39 is 17.7 Å². The van der Waals surface area contributed by atoms with Crippen LogP contribution in [-0.2, 0) is 9.59 Å². The molecule has 1 amide bonds. The number of aliphatic hydroxyl groups excluding tert-OH is 1. The fourth-order valence-electron chi connectivity index (χ4n) is 3.37. The molecular formula is C21H19Cl2NO5. The predicted molar refractivity (Wildman–Crippen MR) is 110 cm³/mol. The van der Waals surface area contributed by atoms with Crippen molar-refractivity contribution in [3.05, 3.63) is 63.1 Å². The standard InChI is InChI=1S/C21H19Cl2NO5/c1-3-8-24-18(11-5-7-16(29-2)15(25)10-11)17(20(27)21(24)28)19(26)12-4-6-13(22)14(23)9-12/h4-7,9-10,18,25-26H,3,8H2,1-2H3/b19-17-. The molecule has 1 unspecified atom stereocenters. The number of phenolic OH excluding ortho intramolecular Hbond substituents is 1. The van der Waals surface area contributed by atoms with Crippen LogP contribution in [0.1, 0.15) is 30.5 Å². The molecule has 1 saturated heterocycles. The maximum absolute atomic E-state index is 12.8. The van der Waals surface area contributed by atoms with Crippen LogP contribution < -0.4 is 4.74 Å². The highest BCUT2D eigenvalue weighted by Gasteiger charge is 2.45. The van der Waals surface area contributed by atoms with Gasteiger partial charge in [-0.1, -0.05) is 36.2 Å². The highest BCUT2D eigenvalue weighted by Crippen LogP contribution is 2.42. The number of hydrogen-bond acceptors (Lipinski definition) is 5. The van der Waals surface area contributed by atoms with Crippen molar-refractivity contribution >= 4 is 40.7 Å². The monoisotopic (exact) mass is 435 g/mol. The summed E-state index contributed by atoms with van der Waals surface area (Å²) >= 11 is 12.0. The molecule has 0 spiro atoms. The van der Waals surface area contributed by atoms with Crippen molar-refractivity contribution in [3.63, 3.8) is 0 Å². The van der Waals surface area contributed by atoms with Crippen molar-refractivity contribution in [2.45, 2.75) is 19.4 Å². The summed E-state index contributed by atoms with van der Waals surface area (Å²) in [5, 5.41) is 21.6. The maximum atomic E-state index is 12.8. The van der Waals surface area contributed by atoms with E-state index in [1.54, 1.807) is 6.07 Å². The van der Waals surface area contributed by atoms with Crippen molar-refractivity contribution in [1.29, 1.82) is 0 Å². The van der Waals surface area contributed by atoms with Gasteiger partial charge < -0.3 is 19.8 Å². The zero-order valence-electron chi connectivity index (χ0n) is 15.8. The van der Waals surface area contributed by atoms with Gasteiger partial charge in [0.25, 0.3) is 11.7 Å². The Balaban J connectivity index is 2.21. The van der Waals surface area contributed by atoms with E-state index in [9.17, 15) is 19.8 Å². The molecule has 29 heavy (non-hydrogen) atoms. The third-order valence-corrected chi connectivity index (χ3v) is 5.46. The minimum atomic E-state index is -0.860. The van der Waals surface area contributed by atoms with Crippen LogP contribution in [-0.4, -0.2) is 40.5 Å². The molecule has 2 N–H and O–H groups in total. The van der Waals surface area contributed by atoms with Gasteiger partial charge in [0.1, 0.15) is 5.76 Å². The molecular weight excluding hydrogens is 417 g/mol. The summed E-state index contributed by atoms with van der Waals surface area (Å²) in [5.74, 6) is -1.76. The number of methoxy groups -OCH3 is 1. The Morgan fingerprint density at radius 3 is 2.45 bits per heavy atom. The first kappa shape index (κ1) is 21.0. The lowest BCUT2D eigenvalue weighted by molar-refractivity contribution is -0.139. The molecule has 1 aliphatic rings. The van der Waals surface area contributed by atoms with Gasteiger partial charge in [-0.3, -0.25) is 9.59 Å². The van der Waals surface area contributed by atoms with Gasteiger partial charge in [0.2, 0.25) is 0 Å². The van der Waals surface area contributed by atoms with Gasteiger partial charge >= 0.3 is 0 Å². The molecule has 1 aliphatic heterocycles. The first-order chi connectivity index (χ1) is 13.8. The van der Waals surface area contributed by atoms with E-state index in [-0.39, 0.29) is 33.4 Å². The topological polar surface area (TPSA) is 87.1 Å². The number of rotatable bonds is 5. The molecule has 0 radical (unpaired) electrons. The highest BCUT2D eigenvalue weighted by molar-refractivity contribution is 6.46. The predicted octanol–water partition coefficient (Wildman–Crippen LogP) is 4.54. The van der Waals surface area contributed by atoms with Crippen molar-refractivity contribution in [2.24, 2.45) is 0 Å². The quantitative estimate of drug-likeness (QED) is 0.408. The van der Waals surface area contributed by atoms with Crippen molar-refractivity contribution < 1.29 is 24.5 Å². The van der Waals surface area contributed by atoms with E-state index >= 15 is 0 Å². The van der Waals surface area contributed by atoms with Crippen LogP contribution in [0.25, 0.3) is 5.76 Å². The van der Waals surface area contributed by atoms with Crippen LogP contribution in [0.5, 0.6) is 11.5 Å². The highest BCUT2D eigenvalue weighted by atomic mass is 35.5. The second kappa shape index (κ2) is 8.35. The number of aromatic hydroxyl groups is 1. The minimum Gasteiger partial charge on any atom is -0.507 e. The van der Waals surface area contributed by atoms with Gasteiger partial charge in [-0.05, 0) is 42.3 Å². The number of phenols is 1. The van der Waals surface area contributed by atoms with Crippen LogP contribution in [0.3, 0.4) is 0 Å². The second-order valence-electron chi connectivity index (χ2n) is 6.55. The zero-order chi connectivity index (χ0) is 21.3. The molecule has 0 aromatic heterocycles. The third kappa shape index (κ3) is 3.78. The van der Waals surface area contributed by atoms with E-state index in [0.29, 0.717) is 23.6 Å². The van der Waals surface area contributed by atoms with Gasteiger partial charge in [-0.15, -0.1) is 0 Å². The third-order valence-electron chi connectivity index (χ3n) is 4.72. The lowest BCUT2D eigenvalue weighted by Crippen LogP contribution is -2.30. The fraction of sp³-hybridized carbons (Fsp3) is 0.238. The van der Waals surface area contributed by atoms with E-state index in [1.807, 2.05) is 6.92 Å². The lowest BCUT2D eigenvalue weighted by Gasteiger charge is -2.25. The number of amides is 1. The lowest BCUT2D eigenvalue weighted by atomic mass is 9.95. The zero-order valence-corrected chi connectivity index (χ0v) is 17.3. The van der Waals surface area contributed by atoms with Crippen molar-refractivity contribution in [2.75, 3.05) is 13.7 Å². The number of ether oxygens (including phenoxy) is 1. The number of aliphatic hydroxyl groups is 1. The van der Waals surface area contributed by atoms with Crippen molar-refractivity contribution in [3.8, 4) is 11.5 Å². The Labute approximate surface area is 177 Å². The number of ketones is 1. The summed E-state index contributed by atoms with van der Waals surface area (Å²) in [7, 11) is 1.42. The maximum Gasteiger partial charge on any atom is 0.295 e. The average Bonchev–Trinajstić information content (AvgIpc) is 2.94.